The van der Waals surface area contributed by atoms with E-state index in [9.17, 15) is 5.11 Å². The molecular formula is C17H27NO2. The Hall–Kier alpha value is -1.32. The summed E-state index contributed by atoms with van der Waals surface area (Å²) in [6.07, 6.45) is 3.93. The van der Waals surface area contributed by atoms with E-state index in [-0.39, 0.29) is 0 Å². The van der Waals surface area contributed by atoms with Crippen LogP contribution in [-0.2, 0) is 0 Å². The third kappa shape index (κ3) is 6.22. The molecule has 2 unspecified atom stereocenters. The third-order valence-corrected chi connectivity index (χ3v) is 3.31. The summed E-state index contributed by atoms with van der Waals surface area (Å²) >= 11 is 0. The van der Waals surface area contributed by atoms with E-state index in [1.165, 1.54) is 5.57 Å². The van der Waals surface area contributed by atoms with E-state index in [2.05, 4.69) is 32.2 Å². The van der Waals surface area contributed by atoms with Crippen molar-refractivity contribution in [2.75, 3.05) is 13.7 Å². The van der Waals surface area contributed by atoms with Crippen molar-refractivity contribution in [3.63, 3.8) is 0 Å². The highest BCUT2D eigenvalue weighted by molar-refractivity contribution is 5.28. The van der Waals surface area contributed by atoms with Crippen LogP contribution < -0.4 is 10.1 Å². The minimum absolute atomic E-state index is 0.401. The van der Waals surface area contributed by atoms with Gasteiger partial charge in [-0.25, -0.2) is 0 Å². The normalized spacial score (nSPS) is 13.7. The molecule has 0 saturated heterocycles. The van der Waals surface area contributed by atoms with Crippen molar-refractivity contribution in [3.8, 4) is 5.75 Å². The molecule has 3 heteroatoms. The van der Waals surface area contributed by atoms with E-state index in [4.69, 9.17) is 4.74 Å². The van der Waals surface area contributed by atoms with E-state index in [0.29, 0.717) is 12.6 Å². The predicted molar refractivity (Wildman–Crippen MR) is 84.1 cm³/mol. The number of rotatable bonds is 8. The molecule has 2 atom stereocenters. The van der Waals surface area contributed by atoms with Crippen molar-refractivity contribution in [2.45, 2.75) is 45.8 Å². The standard InChI is InChI=1S/C17H27NO2/c1-13(2)6-5-7-14(3)18-12-17(19)15-8-10-16(20-4)11-9-15/h6,8-11,14,17-19H,5,7,12H2,1-4H3. The molecule has 0 spiro atoms. The lowest BCUT2D eigenvalue weighted by molar-refractivity contribution is 0.170. The van der Waals surface area contributed by atoms with E-state index in [0.717, 1.165) is 24.2 Å². The van der Waals surface area contributed by atoms with Gasteiger partial charge in [0.05, 0.1) is 13.2 Å². The van der Waals surface area contributed by atoms with E-state index in [1.54, 1.807) is 7.11 Å². The van der Waals surface area contributed by atoms with Gasteiger partial charge in [0.2, 0.25) is 0 Å². The van der Waals surface area contributed by atoms with Crippen molar-refractivity contribution < 1.29 is 9.84 Å². The number of ether oxygens (including phenoxy) is 1. The van der Waals surface area contributed by atoms with Crippen molar-refractivity contribution in [2.24, 2.45) is 0 Å². The molecule has 112 valence electrons. The Kier molecular flexibility index (Phi) is 7.34. The largest absolute Gasteiger partial charge is 0.497 e. The summed E-state index contributed by atoms with van der Waals surface area (Å²) in [5.41, 5.74) is 2.27. The van der Waals surface area contributed by atoms with Crippen LogP contribution in [0.5, 0.6) is 5.75 Å². The molecule has 0 aromatic heterocycles. The molecule has 1 rings (SSSR count). The number of allylic oxidation sites excluding steroid dienone is 2. The Balaban J connectivity index is 2.34. The van der Waals surface area contributed by atoms with Crippen LogP contribution in [0.15, 0.2) is 35.9 Å². The van der Waals surface area contributed by atoms with Gasteiger partial charge in [-0.2, -0.15) is 0 Å². The zero-order valence-corrected chi connectivity index (χ0v) is 13.0. The summed E-state index contributed by atoms with van der Waals surface area (Å²) < 4.78 is 5.11. The number of aliphatic hydroxyl groups excluding tert-OH is 1. The minimum atomic E-state index is -0.480. The van der Waals surface area contributed by atoms with Crippen LogP contribution >= 0.6 is 0 Å². The molecule has 0 amide bonds. The molecule has 1 aromatic rings. The summed E-state index contributed by atoms with van der Waals surface area (Å²) in [4.78, 5) is 0. The van der Waals surface area contributed by atoms with Crippen molar-refractivity contribution in [1.29, 1.82) is 0 Å². The zero-order chi connectivity index (χ0) is 15.0. The smallest absolute Gasteiger partial charge is 0.118 e. The Bertz CT molecular complexity index is 408. The highest BCUT2D eigenvalue weighted by atomic mass is 16.5. The maximum atomic E-state index is 10.1. The van der Waals surface area contributed by atoms with Gasteiger partial charge in [-0.15, -0.1) is 0 Å². The molecule has 0 bridgehead atoms. The summed E-state index contributed by atoms with van der Waals surface area (Å²) in [5.74, 6) is 0.809. The topological polar surface area (TPSA) is 41.5 Å². The fourth-order valence-corrected chi connectivity index (χ4v) is 1.98. The second-order valence-corrected chi connectivity index (χ2v) is 5.46. The molecule has 0 radical (unpaired) electrons. The first-order valence-corrected chi connectivity index (χ1v) is 7.21. The number of nitrogens with one attached hydrogen (secondary N) is 1. The van der Waals surface area contributed by atoms with Crippen molar-refractivity contribution in [1.82, 2.24) is 5.32 Å². The first-order chi connectivity index (χ1) is 9.52. The van der Waals surface area contributed by atoms with Crippen molar-refractivity contribution >= 4 is 0 Å². The second-order valence-electron chi connectivity index (χ2n) is 5.46. The van der Waals surface area contributed by atoms with Crippen LogP contribution in [0.4, 0.5) is 0 Å². The van der Waals surface area contributed by atoms with Crippen molar-refractivity contribution in [3.05, 3.63) is 41.5 Å². The highest BCUT2D eigenvalue weighted by Gasteiger charge is 2.09. The van der Waals surface area contributed by atoms with Crippen LogP contribution in [0.2, 0.25) is 0 Å². The van der Waals surface area contributed by atoms with Gasteiger partial charge >= 0.3 is 0 Å². The van der Waals surface area contributed by atoms with E-state index >= 15 is 0 Å². The summed E-state index contributed by atoms with van der Waals surface area (Å²) in [7, 11) is 1.64. The van der Waals surface area contributed by atoms with Crippen LogP contribution in [0.25, 0.3) is 0 Å². The molecule has 0 saturated carbocycles. The quantitative estimate of drug-likeness (QED) is 0.715. The van der Waals surface area contributed by atoms with Crippen LogP contribution in [0.3, 0.4) is 0 Å². The molecule has 0 aliphatic rings. The van der Waals surface area contributed by atoms with Gasteiger partial charge in [-0.05, 0) is 51.3 Å². The fourth-order valence-electron chi connectivity index (χ4n) is 1.98. The van der Waals surface area contributed by atoms with E-state index in [1.807, 2.05) is 24.3 Å². The molecule has 2 N–H and O–H groups in total. The van der Waals surface area contributed by atoms with Gasteiger partial charge in [-0.3, -0.25) is 0 Å². The summed E-state index contributed by atoms with van der Waals surface area (Å²) in [6.45, 7) is 6.96. The highest BCUT2D eigenvalue weighted by Crippen LogP contribution is 2.17. The summed E-state index contributed by atoms with van der Waals surface area (Å²) in [5, 5.41) is 13.5. The molecule has 0 heterocycles. The number of aliphatic hydroxyl groups is 1. The van der Waals surface area contributed by atoms with Gasteiger partial charge < -0.3 is 15.2 Å². The predicted octanol–water partition coefficient (Wildman–Crippen LogP) is 3.45. The molecule has 0 aliphatic heterocycles. The fraction of sp³-hybridized carbons (Fsp3) is 0.529. The average Bonchev–Trinajstić information content (AvgIpc) is 2.44. The number of hydrogen-bond donors (Lipinski definition) is 2. The maximum Gasteiger partial charge on any atom is 0.118 e. The van der Waals surface area contributed by atoms with Gasteiger partial charge in [0.15, 0.2) is 0 Å². The van der Waals surface area contributed by atoms with Crippen LogP contribution in [0, 0.1) is 0 Å². The van der Waals surface area contributed by atoms with Gasteiger partial charge in [0.1, 0.15) is 5.75 Å². The maximum absolute atomic E-state index is 10.1. The Labute approximate surface area is 122 Å². The van der Waals surface area contributed by atoms with Crippen LogP contribution in [-0.4, -0.2) is 24.8 Å². The molecular weight excluding hydrogens is 250 g/mol. The lowest BCUT2D eigenvalue weighted by atomic mass is 10.1. The average molecular weight is 277 g/mol. The molecule has 1 aromatic carbocycles. The van der Waals surface area contributed by atoms with Gasteiger partial charge in [-0.1, -0.05) is 23.8 Å². The molecule has 3 nitrogen and oxygen atoms in total. The van der Waals surface area contributed by atoms with Crippen LogP contribution in [0.1, 0.15) is 45.3 Å². The Morgan fingerprint density at radius 1 is 1.30 bits per heavy atom. The number of hydrogen-bond acceptors (Lipinski definition) is 3. The zero-order valence-electron chi connectivity index (χ0n) is 13.0. The Morgan fingerprint density at radius 2 is 1.95 bits per heavy atom. The van der Waals surface area contributed by atoms with E-state index < -0.39 is 6.10 Å². The lowest BCUT2D eigenvalue weighted by Crippen LogP contribution is -2.30. The minimum Gasteiger partial charge on any atom is -0.497 e. The molecule has 20 heavy (non-hydrogen) atoms. The molecule has 0 fully saturated rings. The monoisotopic (exact) mass is 277 g/mol. The SMILES string of the molecule is COc1ccc(C(O)CNC(C)CCC=C(C)C)cc1. The second kappa shape index (κ2) is 8.77. The summed E-state index contributed by atoms with van der Waals surface area (Å²) in [6, 6.07) is 7.95. The van der Waals surface area contributed by atoms with Gasteiger partial charge in [0.25, 0.3) is 0 Å². The number of methoxy groups -OCH3 is 1. The third-order valence-electron chi connectivity index (χ3n) is 3.31. The first kappa shape index (κ1) is 16.7. The van der Waals surface area contributed by atoms with Gasteiger partial charge in [0, 0.05) is 12.6 Å². The first-order valence-electron chi connectivity index (χ1n) is 7.21. The molecule has 0 aliphatic carbocycles. The Morgan fingerprint density at radius 3 is 2.50 bits per heavy atom. The number of benzene rings is 1. The lowest BCUT2D eigenvalue weighted by Gasteiger charge is -2.17.